The molecule has 1 aliphatic rings. The Bertz CT molecular complexity index is 780. The van der Waals surface area contributed by atoms with Gasteiger partial charge in [-0.05, 0) is 5.56 Å². The van der Waals surface area contributed by atoms with E-state index in [1.165, 1.54) is 0 Å². The van der Waals surface area contributed by atoms with Crippen LogP contribution in [0.3, 0.4) is 0 Å². The standard InChI is InChI=1S/C17H14F4N4/c18-13-15(14(19)17(21)23-16(13)20)25-7-6-24(12(8-22)10-25)9-11-4-2-1-3-5-11/h1-5,12H,6-7,9-10H2. The van der Waals surface area contributed by atoms with Crippen molar-refractivity contribution < 1.29 is 17.6 Å². The van der Waals surface area contributed by atoms with Crippen LogP contribution in [0, 0.1) is 34.9 Å². The summed E-state index contributed by atoms with van der Waals surface area (Å²) < 4.78 is 54.5. The number of anilines is 1. The first kappa shape index (κ1) is 17.2. The molecule has 1 atom stereocenters. The first-order valence-corrected chi connectivity index (χ1v) is 7.63. The van der Waals surface area contributed by atoms with Crippen LogP contribution in [0.2, 0.25) is 0 Å². The van der Waals surface area contributed by atoms with Gasteiger partial charge in [-0.3, -0.25) is 4.90 Å². The molecule has 3 rings (SSSR count). The Morgan fingerprint density at radius 1 is 1.04 bits per heavy atom. The van der Waals surface area contributed by atoms with Crippen LogP contribution in [0.4, 0.5) is 23.2 Å². The van der Waals surface area contributed by atoms with E-state index in [9.17, 15) is 22.8 Å². The lowest BCUT2D eigenvalue weighted by Gasteiger charge is -2.39. The molecule has 1 saturated heterocycles. The number of rotatable bonds is 3. The number of hydrogen-bond acceptors (Lipinski definition) is 4. The molecule has 1 aliphatic heterocycles. The lowest BCUT2D eigenvalue weighted by Crippen LogP contribution is -2.52. The first-order valence-electron chi connectivity index (χ1n) is 7.63. The maximum atomic E-state index is 13.9. The second-order valence-electron chi connectivity index (χ2n) is 5.72. The van der Waals surface area contributed by atoms with Gasteiger partial charge in [-0.1, -0.05) is 30.3 Å². The van der Waals surface area contributed by atoms with E-state index in [2.05, 4.69) is 11.1 Å². The SMILES string of the molecule is N#CC1CN(c2c(F)c(F)nc(F)c2F)CCN1Cc1ccccc1. The molecule has 1 unspecified atom stereocenters. The average Bonchev–Trinajstić information content (AvgIpc) is 2.62. The van der Waals surface area contributed by atoms with Crippen LogP contribution in [0.25, 0.3) is 0 Å². The zero-order chi connectivity index (χ0) is 18.0. The molecule has 130 valence electrons. The summed E-state index contributed by atoms with van der Waals surface area (Å²) >= 11 is 0. The third kappa shape index (κ3) is 3.42. The lowest BCUT2D eigenvalue weighted by atomic mass is 10.1. The number of aromatic nitrogens is 1. The highest BCUT2D eigenvalue weighted by Crippen LogP contribution is 2.28. The second kappa shape index (κ2) is 7.07. The highest BCUT2D eigenvalue weighted by molar-refractivity contribution is 5.49. The maximum absolute atomic E-state index is 13.9. The summed E-state index contributed by atoms with van der Waals surface area (Å²) in [4.78, 5) is 5.56. The van der Waals surface area contributed by atoms with Gasteiger partial charge in [-0.2, -0.15) is 27.8 Å². The van der Waals surface area contributed by atoms with Gasteiger partial charge in [-0.25, -0.2) is 0 Å². The van der Waals surface area contributed by atoms with Crippen molar-refractivity contribution in [2.45, 2.75) is 12.6 Å². The Hall–Kier alpha value is -2.66. The molecule has 0 amide bonds. The average molecular weight is 350 g/mol. The highest BCUT2D eigenvalue weighted by Gasteiger charge is 2.32. The number of nitriles is 1. The van der Waals surface area contributed by atoms with Gasteiger partial charge in [0.05, 0.1) is 6.07 Å². The smallest absolute Gasteiger partial charge is 0.253 e. The van der Waals surface area contributed by atoms with Crippen molar-refractivity contribution in [3.8, 4) is 6.07 Å². The van der Waals surface area contributed by atoms with Crippen LogP contribution >= 0.6 is 0 Å². The molecule has 0 N–H and O–H groups in total. The molecule has 0 bridgehead atoms. The fourth-order valence-corrected chi connectivity index (χ4v) is 2.91. The van der Waals surface area contributed by atoms with E-state index in [0.717, 1.165) is 10.5 Å². The van der Waals surface area contributed by atoms with E-state index in [4.69, 9.17) is 0 Å². The van der Waals surface area contributed by atoms with Crippen molar-refractivity contribution in [3.63, 3.8) is 0 Å². The third-order valence-corrected chi connectivity index (χ3v) is 4.16. The fraction of sp³-hybridized carbons (Fsp3) is 0.294. The van der Waals surface area contributed by atoms with Gasteiger partial charge in [0.2, 0.25) is 11.6 Å². The summed E-state index contributed by atoms with van der Waals surface area (Å²) in [5, 5.41) is 9.39. The number of piperazine rings is 1. The van der Waals surface area contributed by atoms with Crippen molar-refractivity contribution in [2.75, 3.05) is 24.5 Å². The normalized spacial score (nSPS) is 18.2. The minimum Gasteiger partial charge on any atom is -0.363 e. The second-order valence-corrected chi connectivity index (χ2v) is 5.72. The van der Waals surface area contributed by atoms with Crippen molar-refractivity contribution in [1.82, 2.24) is 9.88 Å². The van der Waals surface area contributed by atoms with E-state index in [1.807, 2.05) is 35.2 Å². The molecule has 0 aliphatic carbocycles. The zero-order valence-corrected chi connectivity index (χ0v) is 13.1. The van der Waals surface area contributed by atoms with Gasteiger partial charge in [0.15, 0.2) is 0 Å². The van der Waals surface area contributed by atoms with Crippen LogP contribution in [-0.2, 0) is 6.54 Å². The number of pyridine rings is 1. The Morgan fingerprint density at radius 2 is 1.68 bits per heavy atom. The van der Waals surface area contributed by atoms with Gasteiger partial charge >= 0.3 is 0 Å². The van der Waals surface area contributed by atoms with Crippen LogP contribution < -0.4 is 4.90 Å². The number of halogens is 4. The van der Waals surface area contributed by atoms with Gasteiger partial charge in [0.25, 0.3) is 11.9 Å². The molecular formula is C17H14F4N4. The monoisotopic (exact) mass is 350 g/mol. The third-order valence-electron chi connectivity index (χ3n) is 4.16. The zero-order valence-electron chi connectivity index (χ0n) is 13.1. The van der Waals surface area contributed by atoms with Gasteiger partial charge in [-0.15, -0.1) is 0 Å². The van der Waals surface area contributed by atoms with E-state index >= 15 is 0 Å². The molecule has 25 heavy (non-hydrogen) atoms. The maximum Gasteiger partial charge on any atom is 0.253 e. The van der Waals surface area contributed by atoms with Crippen LogP contribution in [0.15, 0.2) is 30.3 Å². The molecular weight excluding hydrogens is 336 g/mol. The lowest BCUT2D eigenvalue weighted by molar-refractivity contribution is 0.203. The molecule has 8 heteroatoms. The topological polar surface area (TPSA) is 43.2 Å². The molecule has 1 aromatic heterocycles. The Labute approximate surface area is 141 Å². The summed E-state index contributed by atoms with van der Waals surface area (Å²) in [5.74, 6) is -6.50. The molecule has 4 nitrogen and oxygen atoms in total. The summed E-state index contributed by atoms with van der Waals surface area (Å²) in [6.07, 6.45) is 0. The van der Waals surface area contributed by atoms with Gasteiger partial charge < -0.3 is 4.90 Å². The van der Waals surface area contributed by atoms with E-state index in [-0.39, 0.29) is 13.1 Å². The van der Waals surface area contributed by atoms with Crippen molar-refractivity contribution in [2.24, 2.45) is 0 Å². The summed E-state index contributed by atoms with van der Waals surface area (Å²) in [5.41, 5.74) is 0.180. The molecule has 0 spiro atoms. The number of nitrogens with zero attached hydrogens (tertiary/aromatic N) is 4. The van der Waals surface area contributed by atoms with E-state index in [1.54, 1.807) is 0 Å². The molecule has 0 saturated carbocycles. The summed E-state index contributed by atoms with van der Waals surface area (Å²) in [6, 6.07) is 10.9. The minimum atomic E-state index is -1.70. The van der Waals surface area contributed by atoms with E-state index in [0.29, 0.717) is 13.1 Å². The minimum absolute atomic E-state index is 0.0694. The predicted octanol–water partition coefficient (Wildman–Crippen LogP) is 2.85. The fourth-order valence-electron chi connectivity index (χ4n) is 2.91. The first-order chi connectivity index (χ1) is 12.0. The number of hydrogen-bond donors (Lipinski definition) is 0. The quantitative estimate of drug-likeness (QED) is 0.631. The molecule has 2 aromatic rings. The molecule has 1 fully saturated rings. The van der Waals surface area contributed by atoms with Crippen molar-refractivity contribution >= 4 is 5.69 Å². The van der Waals surface area contributed by atoms with Gasteiger partial charge in [0.1, 0.15) is 11.7 Å². The van der Waals surface area contributed by atoms with Crippen molar-refractivity contribution in [1.29, 1.82) is 5.26 Å². The van der Waals surface area contributed by atoms with Crippen molar-refractivity contribution in [3.05, 3.63) is 59.4 Å². The van der Waals surface area contributed by atoms with Gasteiger partial charge in [0, 0.05) is 26.2 Å². The van der Waals surface area contributed by atoms with Crippen LogP contribution in [0.5, 0.6) is 0 Å². The molecule has 0 radical (unpaired) electrons. The highest BCUT2D eigenvalue weighted by atomic mass is 19.2. The molecule has 1 aromatic carbocycles. The van der Waals surface area contributed by atoms with E-state index < -0.39 is 35.3 Å². The Balaban J connectivity index is 1.82. The number of benzene rings is 1. The largest absolute Gasteiger partial charge is 0.363 e. The van der Waals surface area contributed by atoms with Crippen LogP contribution in [-0.4, -0.2) is 35.6 Å². The predicted molar refractivity (Wildman–Crippen MR) is 82.5 cm³/mol. The van der Waals surface area contributed by atoms with Crippen LogP contribution in [0.1, 0.15) is 5.56 Å². The summed E-state index contributed by atoms with van der Waals surface area (Å²) in [6.45, 7) is 0.871. The molecule has 2 heterocycles. The summed E-state index contributed by atoms with van der Waals surface area (Å²) in [7, 11) is 0. The Morgan fingerprint density at radius 3 is 2.28 bits per heavy atom. The Kier molecular flexibility index (Phi) is 4.86.